The molecule has 0 saturated carbocycles. The van der Waals surface area contributed by atoms with Gasteiger partial charge < -0.3 is 15.1 Å². The Balaban J connectivity index is 2.47. The molecule has 1 aliphatic heterocycles. The quantitative estimate of drug-likeness (QED) is 0.448. The summed E-state index contributed by atoms with van der Waals surface area (Å²) < 4.78 is 0. The zero-order chi connectivity index (χ0) is 12.0. The summed E-state index contributed by atoms with van der Waals surface area (Å²) in [6.07, 6.45) is 0.869. The van der Waals surface area contributed by atoms with Crippen LogP contribution in [0.4, 0.5) is 0 Å². The van der Waals surface area contributed by atoms with E-state index in [-0.39, 0.29) is 6.54 Å². The lowest BCUT2D eigenvalue weighted by Gasteiger charge is -2.19. The van der Waals surface area contributed by atoms with Gasteiger partial charge in [-0.1, -0.05) is 0 Å². The Hall–Kier alpha value is -1.61. The number of nitrogens with zero attached hydrogens (tertiary/aromatic N) is 3. The lowest BCUT2D eigenvalue weighted by atomic mass is 10.3. The first-order valence-electron chi connectivity index (χ1n) is 5.27. The van der Waals surface area contributed by atoms with Crippen molar-refractivity contribution in [2.24, 2.45) is 0 Å². The fraction of sp³-hybridized carbons (Fsp3) is 0.700. The van der Waals surface area contributed by atoms with Gasteiger partial charge in [0.05, 0.1) is 6.07 Å². The molecule has 88 valence electrons. The van der Waals surface area contributed by atoms with Gasteiger partial charge in [0.2, 0.25) is 0 Å². The zero-order valence-electron chi connectivity index (χ0n) is 9.40. The predicted octanol–water partition coefficient (Wildman–Crippen LogP) is -1.21. The summed E-state index contributed by atoms with van der Waals surface area (Å²) in [5.41, 5.74) is 0. The van der Waals surface area contributed by atoms with Gasteiger partial charge >= 0.3 is 11.8 Å². The number of hydrogen-bond donors (Lipinski definition) is 1. The standard InChI is InChI=1S/C10H16N4O2/c1-13-5-2-6-14(8-7-13)10(16)9(15)12-4-3-11/h2,4-8H2,1H3,(H,12,15). The third kappa shape index (κ3) is 3.51. The number of likely N-dealkylation sites (N-methyl/N-ethyl adjacent to an activating group) is 1. The largest absolute Gasteiger partial charge is 0.335 e. The minimum Gasteiger partial charge on any atom is -0.335 e. The maximum absolute atomic E-state index is 11.6. The molecular weight excluding hydrogens is 208 g/mol. The van der Waals surface area contributed by atoms with Crippen molar-refractivity contribution in [1.29, 1.82) is 5.26 Å². The minimum atomic E-state index is -0.689. The Labute approximate surface area is 94.8 Å². The molecule has 0 aromatic rings. The molecule has 1 heterocycles. The van der Waals surface area contributed by atoms with Gasteiger partial charge in [0.1, 0.15) is 6.54 Å². The molecule has 1 rings (SSSR count). The van der Waals surface area contributed by atoms with Gasteiger partial charge in [-0.3, -0.25) is 9.59 Å². The van der Waals surface area contributed by atoms with Crippen LogP contribution in [0.5, 0.6) is 0 Å². The van der Waals surface area contributed by atoms with E-state index >= 15 is 0 Å². The summed E-state index contributed by atoms with van der Waals surface area (Å²) in [4.78, 5) is 26.6. The lowest BCUT2D eigenvalue weighted by Crippen LogP contribution is -2.44. The second-order valence-electron chi connectivity index (χ2n) is 3.79. The molecule has 1 N–H and O–H groups in total. The molecule has 0 unspecified atom stereocenters. The molecule has 16 heavy (non-hydrogen) atoms. The van der Waals surface area contributed by atoms with Gasteiger partial charge in [0.25, 0.3) is 0 Å². The maximum Gasteiger partial charge on any atom is 0.311 e. The molecule has 1 saturated heterocycles. The Morgan fingerprint density at radius 2 is 2.06 bits per heavy atom. The maximum atomic E-state index is 11.6. The molecule has 0 aromatic carbocycles. The van der Waals surface area contributed by atoms with E-state index in [9.17, 15) is 9.59 Å². The third-order valence-corrected chi connectivity index (χ3v) is 2.53. The van der Waals surface area contributed by atoms with Gasteiger partial charge in [-0.05, 0) is 20.0 Å². The summed E-state index contributed by atoms with van der Waals surface area (Å²) in [7, 11) is 1.99. The van der Waals surface area contributed by atoms with Crippen LogP contribution in [0.25, 0.3) is 0 Å². The lowest BCUT2D eigenvalue weighted by molar-refractivity contribution is -0.145. The molecule has 6 nitrogen and oxygen atoms in total. The van der Waals surface area contributed by atoms with Crippen LogP contribution in [0.1, 0.15) is 6.42 Å². The summed E-state index contributed by atoms with van der Waals surface area (Å²) in [6.45, 7) is 2.75. The Bertz CT molecular complexity index is 310. The van der Waals surface area contributed by atoms with Gasteiger partial charge in [-0.2, -0.15) is 5.26 Å². The predicted molar refractivity (Wildman–Crippen MR) is 57.3 cm³/mol. The van der Waals surface area contributed by atoms with Crippen LogP contribution < -0.4 is 5.32 Å². The molecule has 0 radical (unpaired) electrons. The van der Waals surface area contributed by atoms with Crippen molar-refractivity contribution in [3.63, 3.8) is 0 Å². The van der Waals surface area contributed by atoms with Crippen LogP contribution in [0, 0.1) is 11.3 Å². The number of nitrogens with one attached hydrogen (secondary N) is 1. The van der Waals surface area contributed by atoms with Crippen molar-refractivity contribution in [1.82, 2.24) is 15.1 Å². The fourth-order valence-corrected chi connectivity index (χ4v) is 1.59. The number of carbonyl (C=O) groups excluding carboxylic acids is 2. The van der Waals surface area contributed by atoms with Crippen molar-refractivity contribution >= 4 is 11.8 Å². The summed E-state index contributed by atoms with van der Waals surface area (Å²) in [5, 5.41) is 10.5. The van der Waals surface area contributed by atoms with Crippen LogP contribution in [-0.2, 0) is 9.59 Å². The summed E-state index contributed by atoms with van der Waals surface area (Å²) in [6, 6.07) is 1.76. The van der Waals surface area contributed by atoms with E-state index in [0.29, 0.717) is 13.1 Å². The van der Waals surface area contributed by atoms with Gasteiger partial charge in [0.15, 0.2) is 0 Å². The molecule has 0 aromatic heterocycles. The first-order chi connectivity index (χ1) is 7.65. The van der Waals surface area contributed by atoms with E-state index in [4.69, 9.17) is 5.26 Å². The van der Waals surface area contributed by atoms with Crippen molar-refractivity contribution in [2.45, 2.75) is 6.42 Å². The number of hydrogen-bond acceptors (Lipinski definition) is 4. The van der Waals surface area contributed by atoms with E-state index in [1.165, 1.54) is 4.90 Å². The SMILES string of the molecule is CN1CCCN(C(=O)C(=O)NCC#N)CC1. The molecule has 0 bridgehead atoms. The fourth-order valence-electron chi connectivity index (χ4n) is 1.59. The second kappa shape index (κ2) is 6.08. The topological polar surface area (TPSA) is 76.4 Å². The van der Waals surface area contributed by atoms with Crippen molar-refractivity contribution in [3.8, 4) is 6.07 Å². The summed E-state index contributed by atoms with van der Waals surface area (Å²) >= 11 is 0. The highest BCUT2D eigenvalue weighted by Gasteiger charge is 2.22. The highest BCUT2D eigenvalue weighted by Crippen LogP contribution is 2.01. The van der Waals surface area contributed by atoms with E-state index < -0.39 is 11.8 Å². The van der Waals surface area contributed by atoms with Crippen molar-refractivity contribution in [2.75, 3.05) is 39.8 Å². The smallest absolute Gasteiger partial charge is 0.311 e. The first kappa shape index (κ1) is 12.5. The summed E-state index contributed by atoms with van der Waals surface area (Å²) in [5.74, 6) is -1.23. The Kier molecular flexibility index (Phi) is 4.73. The number of nitriles is 1. The Morgan fingerprint density at radius 3 is 2.75 bits per heavy atom. The van der Waals surface area contributed by atoms with Crippen LogP contribution in [0.2, 0.25) is 0 Å². The van der Waals surface area contributed by atoms with Crippen LogP contribution in [0.3, 0.4) is 0 Å². The average Bonchev–Trinajstić information content (AvgIpc) is 2.50. The number of carbonyl (C=O) groups is 2. The average molecular weight is 224 g/mol. The first-order valence-corrected chi connectivity index (χ1v) is 5.27. The highest BCUT2D eigenvalue weighted by molar-refractivity contribution is 6.35. The molecule has 0 aliphatic carbocycles. The van der Waals surface area contributed by atoms with Gasteiger partial charge in [0, 0.05) is 19.6 Å². The number of rotatable bonds is 1. The molecule has 0 atom stereocenters. The molecular formula is C10H16N4O2. The molecule has 1 aliphatic rings. The molecule has 6 heteroatoms. The zero-order valence-corrected chi connectivity index (χ0v) is 9.40. The minimum absolute atomic E-state index is 0.127. The third-order valence-electron chi connectivity index (χ3n) is 2.53. The van der Waals surface area contributed by atoms with Gasteiger partial charge in [-0.15, -0.1) is 0 Å². The number of amides is 2. The van der Waals surface area contributed by atoms with Crippen molar-refractivity contribution < 1.29 is 9.59 Å². The van der Waals surface area contributed by atoms with E-state index in [0.717, 1.165) is 19.5 Å². The van der Waals surface area contributed by atoms with Crippen molar-refractivity contribution in [3.05, 3.63) is 0 Å². The van der Waals surface area contributed by atoms with E-state index in [1.807, 2.05) is 7.05 Å². The monoisotopic (exact) mass is 224 g/mol. The van der Waals surface area contributed by atoms with Crippen LogP contribution in [0.15, 0.2) is 0 Å². The van der Waals surface area contributed by atoms with Gasteiger partial charge in [-0.25, -0.2) is 0 Å². The van der Waals surface area contributed by atoms with E-state index in [2.05, 4.69) is 10.2 Å². The highest BCUT2D eigenvalue weighted by atomic mass is 16.2. The molecule has 2 amide bonds. The Morgan fingerprint density at radius 1 is 1.31 bits per heavy atom. The van der Waals surface area contributed by atoms with E-state index in [1.54, 1.807) is 6.07 Å². The molecule has 1 fully saturated rings. The van der Waals surface area contributed by atoms with Crippen LogP contribution in [-0.4, -0.2) is 61.4 Å². The normalized spacial score (nSPS) is 17.4. The molecule has 0 spiro atoms. The second-order valence-corrected chi connectivity index (χ2v) is 3.79. The van der Waals surface area contributed by atoms with Crippen LogP contribution >= 0.6 is 0 Å².